The second kappa shape index (κ2) is 9.10. The first-order valence-electron chi connectivity index (χ1n) is 11.1. The number of rotatable bonds is 4. The van der Waals surface area contributed by atoms with Gasteiger partial charge in [0.1, 0.15) is 5.76 Å². The molecule has 1 saturated carbocycles. The van der Waals surface area contributed by atoms with Gasteiger partial charge in [0.2, 0.25) is 0 Å². The maximum absolute atomic E-state index is 13.3. The van der Waals surface area contributed by atoms with Crippen molar-refractivity contribution in [2.75, 3.05) is 19.0 Å². The van der Waals surface area contributed by atoms with Crippen LogP contribution in [0.5, 0.6) is 0 Å². The molecular formula is C26H29BrN2O3. The van der Waals surface area contributed by atoms with E-state index in [1.807, 2.05) is 62.3 Å². The van der Waals surface area contributed by atoms with E-state index in [1.54, 1.807) is 11.0 Å². The predicted octanol–water partition coefficient (Wildman–Crippen LogP) is 5.58. The smallest absolute Gasteiger partial charge is 0.295 e. The van der Waals surface area contributed by atoms with Crippen molar-refractivity contribution in [1.29, 1.82) is 0 Å². The first kappa shape index (κ1) is 22.6. The number of anilines is 1. The zero-order valence-electron chi connectivity index (χ0n) is 18.8. The first-order valence-corrected chi connectivity index (χ1v) is 11.9. The molecule has 2 aromatic rings. The highest BCUT2D eigenvalue weighted by Crippen LogP contribution is 2.43. The molecule has 2 aromatic carbocycles. The van der Waals surface area contributed by atoms with Crippen LogP contribution in [0.15, 0.2) is 52.5 Å². The first-order chi connectivity index (χ1) is 15.3. The van der Waals surface area contributed by atoms with Gasteiger partial charge in [0.05, 0.1) is 11.6 Å². The summed E-state index contributed by atoms with van der Waals surface area (Å²) in [6.45, 7) is 1.93. The molecule has 0 spiro atoms. The van der Waals surface area contributed by atoms with Gasteiger partial charge in [-0.2, -0.15) is 0 Å². The van der Waals surface area contributed by atoms with Crippen LogP contribution in [-0.2, 0) is 9.59 Å². The van der Waals surface area contributed by atoms with Crippen LogP contribution < -0.4 is 4.90 Å². The second-order valence-corrected chi connectivity index (χ2v) is 9.80. The molecule has 1 aliphatic heterocycles. The van der Waals surface area contributed by atoms with Crippen molar-refractivity contribution >= 4 is 39.1 Å². The van der Waals surface area contributed by atoms with Gasteiger partial charge in [0, 0.05) is 35.9 Å². The van der Waals surface area contributed by atoms with Crippen LogP contribution in [0.25, 0.3) is 5.76 Å². The van der Waals surface area contributed by atoms with Gasteiger partial charge in [0.15, 0.2) is 0 Å². The molecule has 2 fully saturated rings. The molecule has 1 heterocycles. The Balaban J connectivity index is 1.86. The van der Waals surface area contributed by atoms with Gasteiger partial charge in [-0.1, -0.05) is 53.4 Å². The monoisotopic (exact) mass is 496 g/mol. The summed E-state index contributed by atoms with van der Waals surface area (Å²) in [4.78, 5) is 30.2. The van der Waals surface area contributed by atoms with E-state index in [1.165, 1.54) is 0 Å². The quantitative estimate of drug-likeness (QED) is 0.341. The van der Waals surface area contributed by atoms with Crippen molar-refractivity contribution in [1.82, 2.24) is 4.90 Å². The Morgan fingerprint density at radius 2 is 1.69 bits per heavy atom. The lowest BCUT2D eigenvalue weighted by Gasteiger charge is -2.35. The number of hydrogen-bond acceptors (Lipinski definition) is 4. The fourth-order valence-electron chi connectivity index (χ4n) is 4.82. The fourth-order valence-corrected chi connectivity index (χ4v) is 5.06. The zero-order valence-corrected chi connectivity index (χ0v) is 20.4. The summed E-state index contributed by atoms with van der Waals surface area (Å²) >= 11 is 3.48. The number of ketones is 1. The van der Waals surface area contributed by atoms with Crippen LogP contribution >= 0.6 is 15.9 Å². The molecule has 168 valence electrons. The van der Waals surface area contributed by atoms with Gasteiger partial charge >= 0.3 is 0 Å². The van der Waals surface area contributed by atoms with Crippen LogP contribution in [0.3, 0.4) is 0 Å². The number of aliphatic hydroxyl groups excluding tert-OH is 1. The van der Waals surface area contributed by atoms with Crippen molar-refractivity contribution < 1.29 is 14.7 Å². The third-order valence-electron chi connectivity index (χ3n) is 6.60. The highest BCUT2D eigenvalue weighted by Gasteiger charge is 2.48. The molecule has 0 aromatic heterocycles. The highest BCUT2D eigenvalue weighted by atomic mass is 79.9. The molecule has 0 radical (unpaired) electrons. The molecule has 1 atom stereocenters. The Morgan fingerprint density at radius 3 is 2.28 bits per heavy atom. The van der Waals surface area contributed by atoms with Crippen LogP contribution in [0.1, 0.15) is 54.8 Å². The lowest BCUT2D eigenvalue weighted by molar-refractivity contribution is -0.141. The number of aryl methyl sites for hydroxylation is 1. The molecule has 1 unspecified atom stereocenters. The minimum atomic E-state index is -0.602. The van der Waals surface area contributed by atoms with Crippen molar-refractivity contribution in [3.05, 3.63) is 69.2 Å². The number of aliphatic hydroxyl groups is 1. The third-order valence-corrected chi connectivity index (χ3v) is 7.49. The summed E-state index contributed by atoms with van der Waals surface area (Å²) in [6, 6.07) is 12.8. The van der Waals surface area contributed by atoms with E-state index in [0.29, 0.717) is 5.56 Å². The number of hydrogen-bond donors (Lipinski definition) is 1. The minimum absolute atomic E-state index is 0.00989. The van der Waals surface area contributed by atoms with E-state index in [4.69, 9.17) is 0 Å². The second-order valence-electron chi connectivity index (χ2n) is 8.95. The fraction of sp³-hybridized carbons (Fsp3) is 0.385. The van der Waals surface area contributed by atoms with E-state index in [-0.39, 0.29) is 17.4 Å². The Hall–Kier alpha value is -2.60. The number of likely N-dealkylation sites (tertiary alicyclic amines) is 1. The zero-order chi connectivity index (χ0) is 23.0. The number of carbonyl (C=O) groups excluding carboxylic acids is 2. The average molecular weight is 497 g/mol. The van der Waals surface area contributed by atoms with Crippen LogP contribution in [0.4, 0.5) is 5.69 Å². The van der Waals surface area contributed by atoms with Gasteiger partial charge in [-0.15, -0.1) is 0 Å². The Labute approximate surface area is 197 Å². The lowest BCUT2D eigenvalue weighted by Crippen LogP contribution is -2.40. The lowest BCUT2D eigenvalue weighted by atomic mass is 9.90. The number of Topliss-reactive ketones (excluding diaryl/α,β-unsaturated/α-hetero) is 1. The number of carbonyl (C=O) groups is 2. The maximum Gasteiger partial charge on any atom is 0.295 e. The summed E-state index contributed by atoms with van der Waals surface area (Å²) in [5, 5.41) is 11.3. The topological polar surface area (TPSA) is 60.9 Å². The van der Waals surface area contributed by atoms with Crippen molar-refractivity contribution in [3.8, 4) is 0 Å². The van der Waals surface area contributed by atoms with Crippen LogP contribution in [0.2, 0.25) is 0 Å². The van der Waals surface area contributed by atoms with E-state index < -0.39 is 17.7 Å². The Kier molecular flexibility index (Phi) is 6.42. The van der Waals surface area contributed by atoms with Gasteiger partial charge < -0.3 is 14.9 Å². The number of nitrogens with zero attached hydrogens (tertiary/aromatic N) is 2. The summed E-state index contributed by atoms with van der Waals surface area (Å²) in [6.07, 6.45) is 5.02. The normalized spacial score (nSPS) is 21.2. The predicted molar refractivity (Wildman–Crippen MR) is 131 cm³/mol. The maximum atomic E-state index is 13.3. The number of amides is 1. The highest BCUT2D eigenvalue weighted by molar-refractivity contribution is 9.10. The molecule has 1 aliphatic carbocycles. The molecule has 6 heteroatoms. The summed E-state index contributed by atoms with van der Waals surface area (Å²) < 4.78 is 0.924. The molecule has 0 bridgehead atoms. The van der Waals surface area contributed by atoms with Crippen LogP contribution in [0, 0.1) is 6.92 Å². The number of halogens is 1. The summed E-state index contributed by atoms with van der Waals surface area (Å²) in [5.41, 5.74) is 3.55. The molecule has 5 nitrogen and oxygen atoms in total. The standard InChI is InChI=1S/C26H29BrN2O3/c1-16-15-18(11-14-21(16)27)24(30)22-23(17-9-12-19(13-10-17)28(2)3)29(26(32)25(22)31)20-7-5-4-6-8-20/h9-15,20,23,30H,4-8H2,1-3H3/b24-22-. The van der Waals surface area contributed by atoms with Gasteiger partial charge in [0.25, 0.3) is 11.7 Å². The molecule has 32 heavy (non-hydrogen) atoms. The van der Waals surface area contributed by atoms with Gasteiger partial charge in [-0.3, -0.25) is 9.59 Å². The van der Waals surface area contributed by atoms with E-state index in [0.717, 1.165) is 53.4 Å². The molecule has 1 amide bonds. The van der Waals surface area contributed by atoms with Gasteiger partial charge in [-0.25, -0.2) is 0 Å². The summed E-state index contributed by atoms with van der Waals surface area (Å²) in [7, 11) is 3.94. The van der Waals surface area contributed by atoms with Crippen molar-refractivity contribution in [2.24, 2.45) is 0 Å². The number of benzene rings is 2. The molecular weight excluding hydrogens is 468 g/mol. The summed E-state index contributed by atoms with van der Waals surface area (Å²) in [5.74, 6) is -1.22. The average Bonchev–Trinajstić information content (AvgIpc) is 3.06. The molecule has 1 N–H and O–H groups in total. The van der Waals surface area contributed by atoms with E-state index >= 15 is 0 Å². The van der Waals surface area contributed by atoms with Crippen molar-refractivity contribution in [3.63, 3.8) is 0 Å². The minimum Gasteiger partial charge on any atom is -0.507 e. The third kappa shape index (κ3) is 4.08. The molecule has 1 saturated heterocycles. The molecule has 2 aliphatic rings. The SMILES string of the molecule is Cc1cc(/C(O)=C2/C(=O)C(=O)N(C3CCCCC3)C2c2ccc(N(C)C)cc2)ccc1Br. The van der Waals surface area contributed by atoms with Crippen molar-refractivity contribution in [2.45, 2.75) is 51.1 Å². The van der Waals surface area contributed by atoms with E-state index in [9.17, 15) is 14.7 Å². The van der Waals surface area contributed by atoms with Crippen LogP contribution in [-0.4, -0.2) is 41.8 Å². The van der Waals surface area contributed by atoms with E-state index in [2.05, 4.69) is 15.9 Å². The molecule has 4 rings (SSSR count). The van der Waals surface area contributed by atoms with Gasteiger partial charge in [-0.05, 0) is 55.2 Å². The Morgan fingerprint density at radius 1 is 1.03 bits per heavy atom. The Bertz CT molecular complexity index is 1070. The largest absolute Gasteiger partial charge is 0.507 e.